The van der Waals surface area contributed by atoms with Crippen molar-refractivity contribution in [2.45, 2.75) is 65.2 Å². The molecule has 0 rings (SSSR count). The van der Waals surface area contributed by atoms with E-state index in [-0.39, 0.29) is 0 Å². The number of unbranched alkanes of at least 4 members (excludes halogenated alkanes) is 5. The SMILES string of the molecule is CCCC[N+](C)(CCCC)CCCCCCN(C)C. The normalized spacial score (nSPS) is 12.3. The summed E-state index contributed by atoms with van der Waals surface area (Å²) < 4.78 is 1.31. The second kappa shape index (κ2) is 11.7. The van der Waals surface area contributed by atoms with Crippen molar-refractivity contribution >= 4 is 0 Å². The van der Waals surface area contributed by atoms with Gasteiger partial charge in [0.1, 0.15) is 0 Å². The Labute approximate surface area is 122 Å². The molecule has 2 nitrogen and oxygen atoms in total. The summed E-state index contributed by atoms with van der Waals surface area (Å²) >= 11 is 0. The lowest BCUT2D eigenvalue weighted by molar-refractivity contribution is -0.910. The van der Waals surface area contributed by atoms with Gasteiger partial charge >= 0.3 is 0 Å². The molecule has 0 amide bonds. The summed E-state index contributed by atoms with van der Waals surface area (Å²) in [5.41, 5.74) is 0. The van der Waals surface area contributed by atoms with Crippen molar-refractivity contribution in [2.24, 2.45) is 0 Å². The molecule has 0 radical (unpaired) electrons. The van der Waals surface area contributed by atoms with Crippen molar-refractivity contribution < 1.29 is 4.48 Å². The Morgan fingerprint density at radius 2 is 1.16 bits per heavy atom. The lowest BCUT2D eigenvalue weighted by atomic mass is 10.1. The molecule has 2 heteroatoms. The third-order valence-electron chi connectivity index (χ3n) is 4.16. The molecule has 0 aromatic heterocycles. The number of hydrogen-bond acceptors (Lipinski definition) is 1. The largest absolute Gasteiger partial charge is 0.326 e. The number of hydrogen-bond donors (Lipinski definition) is 0. The average molecular weight is 272 g/mol. The fourth-order valence-corrected chi connectivity index (χ4v) is 2.69. The van der Waals surface area contributed by atoms with Crippen LogP contribution in [-0.4, -0.2) is 56.7 Å². The van der Waals surface area contributed by atoms with E-state index >= 15 is 0 Å². The average Bonchev–Trinajstić information content (AvgIpc) is 2.38. The minimum absolute atomic E-state index is 1.25. The van der Waals surface area contributed by atoms with E-state index in [0.717, 1.165) is 0 Å². The molecule has 0 saturated carbocycles. The second-order valence-electron chi connectivity index (χ2n) is 6.71. The molecule has 0 aliphatic heterocycles. The first-order chi connectivity index (χ1) is 9.04. The Morgan fingerprint density at radius 1 is 0.684 bits per heavy atom. The summed E-state index contributed by atoms with van der Waals surface area (Å²) in [6.45, 7) is 10.0. The van der Waals surface area contributed by atoms with Crippen LogP contribution in [0, 0.1) is 0 Å². The predicted molar refractivity (Wildman–Crippen MR) is 87.6 cm³/mol. The molecule has 19 heavy (non-hydrogen) atoms. The van der Waals surface area contributed by atoms with Gasteiger partial charge in [0.05, 0.1) is 26.7 Å². The maximum Gasteiger partial charge on any atom is 0.0784 e. The maximum atomic E-state index is 2.48. The smallest absolute Gasteiger partial charge is 0.0784 e. The van der Waals surface area contributed by atoms with Gasteiger partial charge in [-0.05, 0) is 52.7 Å². The van der Waals surface area contributed by atoms with Gasteiger partial charge in [-0.2, -0.15) is 0 Å². The number of rotatable bonds is 13. The molecule has 0 aliphatic carbocycles. The van der Waals surface area contributed by atoms with Crippen molar-refractivity contribution in [3.05, 3.63) is 0 Å². The molecule has 0 bridgehead atoms. The van der Waals surface area contributed by atoms with E-state index in [2.05, 4.69) is 39.9 Å². The van der Waals surface area contributed by atoms with E-state index in [1.807, 2.05) is 0 Å². The first-order valence-corrected chi connectivity index (χ1v) is 8.52. The van der Waals surface area contributed by atoms with Gasteiger partial charge < -0.3 is 9.38 Å². The zero-order chi connectivity index (χ0) is 14.6. The van der Waals surface area contributed by atoms with E-state index in [9.17, 15) is 0 Å². The summed E-state index contributed by atoms with van der Waals surface area (Å²) in [6.07, 6.45) is 11.0. The highest BCUT2D eigenvalue weighted by Crippen LogP contribution is 2.12. The zero-order valence-corrected chi connectivity index (χ0v) is 14.4. The van der Waals surface area contributed by atoms with Crippen LogP contribution in [0.4, 0.5) is 0 Å². The van der Waals surface area contributed by atoms with Crippen molar-refractivity contribution in [3.8, 4) is 0 Å². The molecule has 0 aromatic rings. The van der Waals surface area contributed by atoms with Gasteiger partial charge in [-0.25, -0.2) is 0 Å². The summed E-state index contributed by atoms with van der Waals surface area (Å²) in [7, 11) is 6.82. The van der Waals surface area contributed by atoms with Crippen LogP contribution < -0.4 is 0 Å². The van der Waals surface area contributed by atoms with Crippen molar-refractivity contribution in [1.82, 2.24) is 4.90 Å². The van der Waals surface area contributed by atoms with Gasteiger partial charge in [-0.3, -0.25) is 0 Å². The first kappa shape index (κ1) is 18.9. The summed E-state index contributed by atoms with van der Waals surface area (Å²) in [4.78, 5) is 2.29. The van der Waals surface area contributed by atoms with E-state index in [1.54, 1.807) is 0 Å². The van der Waals surface area contributed by atoms with Crippen LogP contribution >= 0.6 is 0 Å². The minimum Gasteiger partial charge on any atom is -0.326 e. The third kappa shape index (κ3) is 11.4. The highest BCUT2D eigenvalue weighted by molar-refractivity contribution is 4.49. The summed E-state index contributed by atoms with van der Waals surface area (Å²) in [6, 6.07) is 0. The minimum atomic E-state index is 1.25. The summed E-state index contributed by atoms with van der Waals surface area (Å²) in [5.74, 6) is 0. The topological polar surface area (TPSA) is 3.24 Å². The van der Waals surface area contributed by atoms with Gasteiger partial charge in [-0.1, -0.05) is 33.1 Å². The van der Waals surface area contributed by atoms with E-state index < -0.39 is 0 Å². The van der Waals surface area contributed by atoms with Gasteiger partial charge in [-0.15, -0.1) is 0 Å². The van der Waals surface area contributed by atoms with Crippen LogP contribution in [0.15, 0.2) is 0 Å². The molecule has 0 fully saturated rings. The van der Waals surface area contributed by atoms with E-state index in [4.69, 9.17) is 0 Å². The second-order valence-corrected chi connectivity index (χ2v) is 6.71. The van der Waals surface area contributed by atoms with Crippen molar-refractivity contribution in [2.75, 3.05) is 47.3 Å². The Bertz CT molecular complexity index is 182. The fraction of sp³-hybridized carbons (Fsp3) is 1.00. The van der Waals surface area contributed by atoms with Crippen molar-refractivity contribution in [3.63, 3.8) is 0 Å². The maximum absolute atomic E-state index is 2.48. The molecule has 116 valence electrons. The molecular formula is C17H39N2+. The standard InChI is InChI=1S/C17H39N2/c1-6-8-15-19(5,16-9-7-2)17-13-11-10-12-14-18(3)4/h6-17H2,1-5H3/q+1. The van der Waals surface area contributed by atoms with E-state index in [0.29, 0.717) is 0 Å². The molecule has 0 atom stereocenters. The van der Waals surface area contributed by atoms with Gasteiger partial charge in [0.25, 0.3) is 0 Å². The van der Waals surface area contributed by atoms with Gasteiger partial charge in [0, 0.05) is 0 Å². The van der Waals surface area contributed by atoms with Crippen LogP contribution in [0.1, 0.15) is 65.2 Å². The number of quaternary nitrogens is 1. The molecule has 0 saturated heterocycles. The molecule has 0 spiro atoms. The van der Waals surface area contributed by atoms with Crippen LogP contribution in [0.25, 0.3) is 0 Å². The zero-order valence-electron chi connectivity index (χ0n) is 14.4. The molecule has 0 N–H and O–H groups in total. The van der Waals surface area contributed by atoms with Gasteiger partial charge in [0.15, 0.2) is 0 Å². The fourth-order valence-electron chi connectivity index (χ4n) is 2.69. The highest BCUT2D eigenvalue weighted by atomic mass is 15.3. The Kier molecular flexibility index (Phi) is 11.7. The molecule has 0 aliphatic rings. The third-order valence-corrected chi connectivity index (χ3v) is 4.16. The van der Waals surface area contributed by atoms with Crippen LogP contribution in [-0.2, 0) is 0 Å². The molecule has 0 unspecified atom stereocenters. The Morgan fingerprint density at radius 3 is 1.63 bits per heavy atom. The highest BCUT2D eigenvalue weighted by Gasteiger charge is 2.19. The lowest BCUT2D eigenvalue weighted by Crippen LogP contribution is -2.46. The Hall–Kier alpha value is -0.0800. The predicted octanol–water partition coefficient (Wildman–Crippen LogP) is 4.16. The molecule has 0 heterocycles. The monoisotopic (exact) mass is 271 g/mol. The number of nitrogens with zero attached hydrogens (tertiary/aromatic N) is 2. The van der Waals surface area contributed by atoms with Gasteiger partial charge in [0.2, 0.25) is 0 Å². The lowest BCUT2D eigenvalue weighted by Gasteiger charge is -2.35. The van der Waals surface area contributed by atoms with Crippen molar-refractivity contribution in [1.29, 1.82) is 0 Å². The van der Waals surface area contributed by atoms with Crippen LogP contribution in [0.5, 0.6) is 0 Å². The quantitative estimate of drug-likeness (QED) is 0.359. The molecular weight excluding hydrogens is 232 g/mol. The summed E-state index contributed by atoms with van der Waals surface area (Å²) in [5, 5.41) is 0. The van der Waals surface area contributed by atoms with E-state index in [1.165, 1.54) is 82.0 Å². The molecule has 0 aromatic carbocycles. The first-order valence-electron chi connectivity index (χ1n) is 8.52. The van der Waals surface area contributed by atoms with Crippen LogP contribution in [0.3, 0.4) is 0 Å². The Balaban J connectivity index is 3.78. The van der Waals surface area contributed by atoms with Crippen LogP contribution in [0.2, 0.25) is 0 Å².